The van der Waals surface area contributed by atoms with Crippen LogP contribution in [-0.2, 0) is 32.0 Å². The predicted octanol–water partition coefficient (Wildman–Crippen LogP) is 6.97. The SMILES string of the molecule is COC(=O)c1c(NC(=O)CSc2cccc(NC(=O)/C(=C/c3ccccc3)NC(=O)c3ccccc3)c2)sc2c1CCN(C(=O)OC(C)(C)C)C2. The van der Waals surface area contributed by atoms with Crippen LogP contribution in [0.5, 0.6) is 0 Å². The molecule has 0 fully saturated rings. The average Bonchev–Trinajstić information content (AvgIpc) is 3.47. The second kappa shape index (κ2) is 16.5. The van der Waals surface area contributed by atoms with E-state index in [9.17, 15) is 24.0 Å². The number of methoxy groups -OCH3 is 1. The molecule has 0 aliphatic carbocycles. The molecular weight excluding hydrogens is 689 g/mol. The maximum Gasteiger partial charge on any atom is 0.410 e. The van der Waals surface area contributed by atoms with Crippen molar-refractivity contribution in [2.24, 2.45) is 0 Å². The van der Waals surface area contributed by atoms with Crippen LogP contribution in [0.1, 0.15) is 57.5 Å². The van der Waals surface area contributed by atoms with E-state index in [0.29, 0.717) is 39.7 Å². The van der Waals surface area contributed by atoms with Gasteiger partial charge < -0.3 is 30.3 Å². The minimum Gasteiger partial charge on any atom is -0.465 e. The number of benzene rings is 3. The number of thioether (sulfide) groups is 1. The van der Waals surface area contributed by atoms with Crippen molar-refractivity contribution in [2.45, 2.75) is 44.2 Å². The van der Waals surface area contributed by atoms with Gasteiger partial charge in [0.1, 0.15) is 16.3 Å². The zero-order valence-electron chi connectivity index (χ0n) is 28.6. The summed E-state index contributed by atoms with van der Waals surface area (Å²) in [5.74, 6) is -1.85. The van der Waals surface area contributed by atoms with Gasteiger partial charge in [-0.1, -0.05) is 54.6 Å². The van der Waals surface area contributed by atoms with E-state index in [1.807, 2.05) is 30.3 Å². The molecule has 1 aromatic heterocycles. The molecule has 0 spiro atoms. The lowest BCUT2D eigenvalue weighted by Crippen LogP contribution is -2.39. The number of fused-ring (bicyclic) bond motifs is 1. The molecule has 4 aromatic rings. The quantitative estimate of drug-likeness (QED) is 0.0904. The van der Waals surface area contributed by atoms with Crippen molar-refractivity contribution in [1.82, 2.24) is 10.2 Å². The highest BCUT2D eigenvalue weighted by molar-refractivity contribution is 8.00. The van der Waals surface area contributed by atoms with E-state index in [1.54, 1.807) is 86.3 Å². The third-order valence-corrected chi connectivity index (χ3v) is 9.58. The van der Waals surface area contributed by atoms with E-state index in [-0.39, 0.29) is 23.9 Å². The predicted molar refractivity (Wildman–Crippen MR) is 199 cm³/mol. The first kappa shape index (κ1) is 36.9. The van der Waals surface area contributed by atoms with Crippen LogP contribution in [0.25, 0.3) is 6.08 Å². The van der Waals surface area contributed by atoms with E-state index in [2.05, 4.69) is 16.0 Å². The molecule has 2 heterocycles. The standard InChI is InChI=1S/C38H38N4O7S2/c1-38(2,3)49-37(47)42-19-18-28-30(22-42)51-35(32(28)36(46)48-4)41-31(43)23-50-27-17-11-16-26(21-27)39-34(45)29(20-24-12-7-5-8-13-24)40-33(44)25-14-9-6-10-15-25/h5-17,20-21H,18-19,22-23H2,1-4H3,(H,39,45)(H,40,44)(H,41,43)/b29-20-. The number of ether oxygens (including phenoxy) is 2. The summed E-state index contributed by atoms with van der Waals surface area (Å²) in [4.78, 5) is 68.1. The zero-order chi connectivity index (χ0) is 36.5. The molecule has 264 valence electrons. The van der Waals surface area contributed by atoms with Gasteiger partial charge in [-0.25, -0.2) is 9.59 Å². The lowest BCUT2D eigenvalue weighted by molar-refractivity contribution is -0.114. The largest absolute Gasteiger partial charge is 0.465 e. The molecule has 1 aliphatic heterocycles. The molecule has 11 nitrogen and oxygen atoms in total. The van der Waals surface area contributed by atoms with E-state index in [1.165, 1.54) is 30.2 Å². The van der Waals surface area contributed by atoms with Gasteiger partial charge in [0, 0.05) is 27.6 Å². The Hall–Kier alpha value is -5.40. The monoisotopic (exact) mass is 726 g/mol. The third-order valence-electron chi connectivity index (χ3n) is 7.45. The number of carbonyl (C=O) groups excluding carboxylic acids is 5. The van der Waals surface area contributed by atoms with Crippen LogP contribution in [-0.4, -0.2) is 59.7 Å². The second-order valence-electron chi connectivity index (χ2n) is 12.5. The summed E-state index contributed by atoms with van der Waals surface area (Å²) < 4.78 is 10.6. The summed E-state index contributed by atoms with van der Waals surface area (Å²) in [7, 11) is 1.28. The first-order valence-electron chi connectivity index (χ1n) is 16.1. The molecule has 3 aromatic carbocycles. The van der Waals surface area contributed by atoms with Crippen LogP contribution in [0.2, 0.25) is 0 Å². The van der Waals surface area contributed by atoms with Gasteiger partial charge in [0.2, 0.25) is 5.91 Å². The Morgan fingerprint density at radius 3 is 2.31 bits per heavy atom. The van der Waals surface area contributed by atoms with Crippen LogP contribution in [0.4, 0.5) is 15.5 Å². The molecule has 1 aliphatic rings. The Kier molecular flexibility index (Phi) is 12.0. The highest BCUT2D eigenvalue weighted by atomic mass is 32.2. The van der Waals surface area contributed by atoms with Crippen molar-refractivity contribution >= 4 is 69.6 Å². The van der Waals surface area contributed by atoms with Gasteiger partial charge in [-0.2, -0.15) is 0 Å². The Morgan fingerprint density at radius 2 is 1.63 bits per heavy atom. The van der Waals surface area contributed by atoms with E-state index < -0.39 is 29.5 Å². The minimum absolute atomic E-state index is 0.0108. The highest BCUT2D eigenvalue weighted by Crippen LogP contribution is 2.38. The zero-order valence-corrected chi connectivity index (χ0v) is 30.2. The number of nitrogens with zero attached hydrogens (tertiary/aromatic N) is 1. The van der Waals surface area contributed by atoms with Gasteiger partial charge in [-0.05, 0) is 74.7 Å². The lowest BCUT2D eigenvalue weighted by atomic mass is 10.0. The summed E-state index contributed by atoms with van der Waals surface area (Å²) in [5, 5.41) is 8.79. The Morgan fingerprint density at radius 1 is 0.922 bits per heavy atom. The average molecular weight is 727 g/mol. The van der Waals surface area contributed by atoms with Gasteiger partial charge in [-0.3, -0.25) is 14.4 Å². The first-order valence-corrected chi connectivity index (χ1v) is 17.9. The van der Waals surface area contributed by atoms with Crippen molar-refractivity contribution in [3.05, 3.63) is 118 Å². The highest BCUT2D eigenvalue weighted by Gasteiger charge is 2.32. The lowest BCUT2D eigenvalue weighted by Gasteiger charge is -2.30. The summed E-state index contributed by atoms with van der Waals surface area (Å²) >= 11 is 2.48. The Balaban J connectivity index is 1.24. The molecule has 5 rings (SSSR count). The molecule has 3 N–H and O–H groups in total. The molecule has 0 unspecified atom stereocenters. The van der Waals surface area contributed by atoms with Gasteiger partial charge in [0.25, 0.3) is 11.8 Å². The van der Waals surface area contributed by atoms with Crippen LogP contribution in [0.3, 0.4) is 0 Å². The van der Waals surface area contributed by atoms with Crippen molar-refractivity contribution in [2.75, 3.05) is 30.0 Å². The number of amides is 4. The number of carbonyl (C=O) groups is 5. The summed E-state index contributed by atoms with van der Waals surface area (Å²) in [6, 6.07) is 24.8. The van der Waals surface area contributed by atoms with E-state index >= 15 is 0 Å². The fourth-order valence-corrected chi connectivity index (χ4v) is 7.15. The van der Waals surface area contributed by atoms with Gasteiger partial charge in [0.05, 0.1) is 25.0 Å². The van der Waals surface area contributed by atoms with Crippen molar-refractivity contribution in [1.29, 1.82) is 0 Å². The van der Waals surface area contributed by atoms with Crippen LogP contribution < -0.4 is 16.0 Å². The molecular formula is C38H38N4O7S2. The smallest absolute Gasteiger partial charge is 0.410 e. The molecule has 0 radical (unpaired) electrons. The summed E-state index contributed by atoms with van der Waals surface area (Å²) in [5.41, 5.74) is 2.06. The first-order chi connectivity index (χ1) is 24.4. The summed E-state index contributed by atoms with van der Waals surface area (Å²) in [6.45, 7) is 6.01. The third kappa shape index (κ3) is 10.1. The molecule has 0 bridgehead atoms. The van der Waals surface area contributed by atoms with Gasteiger partial charge >= 0.3 is 12.1 Å². The molecule has 0 saturated heterocycles. The summed E-state index contributed by atoms with van der Waals surface area (Å²) in [6.07, 6.45) is 1.57. The van der Waals surface area contributed by atoms with Gasteiger partial charge in [-0.15, -0.1) is 23.1 Å². The fourth-order valence-electron chi connectivity index (χ4n) is 5.12. The maximum absolute atomic E-state index is 13.4. The number of hydrogen-bond donors (Lipinski definition) is 3. The van der Waals surface area contributed by atoms with Gasteiger partial charge in [0.15, 0.2) is 0 Å². The van der Waals surface area contributed by atoms with Crippen molar-refractivity contribution < 1.29 is 33.4 Å². The molecule has 13 heteroatoms. The number of anilines is 2. The maximum atomic E-state index is 13.4. The molecule has 4 amide bonds. The number of rotatable bonds is 10. The van der Waals surface area contributed by atoms with Crippen molar-refractivity contribution in [3.63, 3.8) is 0 Å². The van der Waals surface area contributed by atoms with E-state index in [4.69, 9.17) is 9.47 Å². The van der Waals surface area contributed by atoms with Crippen LogP contribution >= 0.6 is 23.1 Å². The normalized spacial score (nSPS) is 12.7. The fraction of sp³-hybridized carbons (Fsp3) is 0.237. The minimum atomic E-state index is -0.644. The molecule has 0 atom stereocenters. The molecule has 51 heavy (non-hydrogen) atoms. The topological polar surface area (TPSA) is 143 Å². The van der Waals surface area contributed by atoms with E-state index in [0.717, 1.165) is 16.0 Å². The Labute approximate surface area is 304 Å². The van der Waals surface area contributed by atoms with Crippen molar-refractivity contribution in [3.8, 4) is 0 Å². The van der Waals surface area contributed by atoms with Crippen LogP contribution in [0, 0.1) is 0 Å². The number of thiophene rings is 1. The number of hydrogen-bond acceptors (Lipinski definition) is 9. The number of esters is 1. The van der Waals surface area contributed by atoms with Crippen LogP contribution in [0.15, 0.2) is 95.5 Å². The number of nitrogens with one attached hydrogen (secondary N) is 3. The Bertz CT molecular complexity index is 1950. The molecule has 0 saturated carbocycles. The second-order valence-corrected chi connectivity index (χ2v) is 14.6.